The number of benzene rings is 2. The second-order valence-corrected chi connectivity index (χ2v) is 9.89. The van der Waals surface area contributed by atoms with Crippen LogP contribution in [0.2, 0.25) is 0 Å². The Morgan fingerprint density at radius 2 is 1.68 bits per heavy atom. The van der Waals surface area contributed by atoms with Crippen molar-refractivity contribution in [3.8, 4) is 6.07 Å². The summed E-state index contributed by atoms with van der Waals surface area (Å²) in [4.78, 5) is 26.2. The summed E-state index contributed by atoms with van der Waals surface area (Å²) in [5.74, 6) is -1.63. The van der Waals surface area contributed by atoms with Crippen molar-refractivity contribution in [1.82, 2.24) is 4.31 Å². The summed E-state index contributed by atoms with van der Waals surface area (Å²) >= 11 is 0. The van der Waals surface area contributed by atoms with Crippen molar-refractivity contribution in [2.45, 2.75) is 38.0 Å². The van der Waals surface area contributed by atoms with Gasteiger partial charge >= 0.3 is 5.97 Å². The van der Waals surface area contributed by atoms with Crippen LogP contribution in [-0.2, 0) is 24.3 Å². The van der Waals surface area contributed by atoms with E-state index in [1.165, 1.54) is 24.1 Å². The first-order valence-corrected chi connectivity index (χ1v) is 12.1. The number of amides is 1. The van der Waals surface area contributed by atoms with E-state index in [0.717, 1.165) is 27.6 Å². The van der Waals surface area contributed by atoms with Gasteiger partial charge in [-0.2, -0.15) is 5.26 Å². The molecule has 0 saturated carbocycles. The van der Waals surface area contributed by atoms with E-state index in [9.17, 15) is 22.4 Å². The quantitative estimate of drug-likeness (QED) is 0.448. The van der Waals surface area contributed by atoms with Crippen LogP contribution in [0.4, 0.5) is 10.1 Å². The summed E-state index contributed by atoms with van der Waals surface area (Å²) in [6.45, 7) is 3.52. The number of nitriles is 1. The predicted octanol–water partition coefficient (Wildman–Crippen LogP) is 3.33. The average molecular weight is 490 g/mol. The van der Waals surface area contributed by atoms with Crippen LogP contribution in [0.3, 0.4) is 0 Å². The number of hydrogen-bond donors (Lipinski definition) is 0. The lowest BCUT2D eigenvalue weighted by Crippen LogP contribution is -2.35. The van der Waals surface area contributed by atoms with Crippen molar-refractivity contribution in [2.75, 3.05) is 31.6 Å². The largest absolute Gasteiger partial charge is 0.456 e. The lowest BCUT2D eigenvalue weighted by Gasteiger charge is -2.22. The van der Waals surface area contributed by atoms with Gasteiger partial charge in [-0.05, 0) is 67.8 Å². The van der Waals surface area contributed by atoms with Crippen LogP contribution < -0.4 is 4.90 Å². The summed E-state index contributed by atoms with van der Waals surface area (Å²) < 4.78 is 44.2. The SMILES string of the molecule is Cc1cc(C)cc(N(CCC#N)C(=O)COC(=O)CCCN(C)S(=O)(=O)c2ccc(F)cc2)c1. The normalized spacial score (nSPS) is 11.2. The molecule has 2 aromatic carbocycles. The molecule has 0 bridgehead atoms. The molecule has 0 atom stereocenters. The van der Waals surface area contributed by atoms with Crippen molar-refractivity contribution < 1.29 is 27.1 Å². The molecule has 0 aliphatic rings. The highest BCUT2D eigenvalue weighted by Gasteiger charge is 2.21. The molecule has 0 fully saturated rings. The van der Waals surface area contributed by atoms with Crippen LogP contribution in [0.15, 0.2) is 47.4 Å². The summed E-state index contributed by atoms with van der Waals surface area (Å²) in [6, 6.07) is 12.1. The van der Waals surface area contributed by atoms with Gasteiger partial charge in [0, 0.05) is 32.2 Å². The van der Waals surface area contributed by atoms with Gasteiger partial charge in [0.2, 0.25) is 10.0 Å². The molecule has 0 aromatic heterocycles. The van der Waals surface area contributed by atoms with Gasteiger partial charge in [-0.1, -0.05) is 6.07 Å². The Morgan fingerprint density at radius 3 is 2.26 bits per heavy atom. The maximum atomic E-state index is 13.0. The number of esters is 1. The Kier molecular flexibility index (Phi) is 9.71. The van der Waals surface area contributed by atoms with Crippen molar-refractivity contribution in [1.29, 1.82) is 5.26 Å². The van der Waals surface area contributed by atoms with Crippen LogP contribution in [0.25, 0.3) is 0 Å². The average Bonchev–Trinajstić information content (AvgIpc) is 2.77. The molecule has 2 rings (SSSR count). The van der Waals surface area contributed by atoms with E-state index in [-0.39, 0.29) is 37.2 Å². The number of ether oxygens (including phenoxy) is 1. The molecule has 0 radical (unpaired) electrons. The Hall–Kier alpha value is -3.29. The third kappa shape index (κ3) is 7.64. The summed E-state index contributed by atoms with van der Waals surface area (Å²) in [6.07, 6.45) is 0.221. The number of carbonyl (C=O) groups is 2. The highest BCUT2D eigenvalue weighted by molar-refractivity contribution is 7.89. The van der Waals surface area contributed by atoms with E-state index in [0.29, 0.717) is 5.69 Å². The first-order valence-electron chi connectivity index (χ1n) is 10.7. The zero-order valence-electron chi connectivity index (χ0n) is 19.5. The van der Waals surface area contributed by atoms with Gasteiger partial charge in [0.05, 0.1) is 17.4 Å². The van der Waals surface area contributed by atoms with Crippen LogP contribution in [0.5, 0.6) is 0 Å². The lowest BCUT2D eigenvalue weighted by atomic mass is 10.1. The molecule has 10 heteroatoms. The molecule has 0 heterocycles. The molecule has 34 heavy (non-hydrogen) atoms. The van der Waals surface area contributed by atoms with Gasteiger partial charge in [-0.25, -0.2) is 17.1 Å². The summed E-state index contributed by atoms with van der Waals surface area (Å²) in [5, 5.41) is 8.92. The first-order chi connectivity index (χ1) is 16.0. The number of carbonyl (C=O) groups excluding carboxylic acids is 2. The highest BCUT2D eigenvalue weighted by atomic mass is 32.2. The predicted molar refractivity (Wildman–Crippen MR) is 125 cm³/mol. The van der Waals surface area contributed by atoms with Gasteiger partial charge in [-0.3, -0.25) is 9.59 Å². The van der Waals surface area contributed by atoms with E-state index in [1.807, 2.05) is 38.1 Å². The molecule has 2 aromatic rings. The van der Waals surface area contributed by atoms with E-state index >= 15 is 0 Å². The summed E-state index contributed by atoms with van der Waals surface area (Å²) in [7, 11) is -2.44. The second kappa shape index (κ2) is 12.3. The van der Waals surface area contributed by atoms with E-state index in [4.69, 9.17) is 10.00 Å². The van der Waals surface area contributed by atoms with Gasteiger partial charge in [0.15, 0.2) is 6.61 Å². The van der Waals surface area contributed by atoms with E-state index in [1.54, 1.807) is 0 Å². The minimum absolute atomic E-state index is 0.0413. The van der Waals surface area contributed by atoms with Gasteiger partial charge < -0.3 is 9.64 Å². The van der Waals surface area contributed by atoms with Crippen molar-refractivity contribution >= 4 is 27.6 Å². The zero-order valence-corrected chi connectivity index (χ0v) is 20.3. The molecule has 8 nitrogen and oxygen atoms in total. The van der Waals surface area contributed by atoms with Gasteiger partial charge in [0.1, 0.15) is 5.82 Å². The van der Waals surface area contributed by atoms with Gasteiger partial charge in [0.25, 0.3) is 5.91 Å². The molecule has 1 amide bonds. The van der Waals surface area contributed by atoms with E-state index < -0.39 is 34.3 Å². The fourth-order valence-corrected chi connectivity index (χ4v) is 4.52. The Balaban J connectivity index is 1.88. The van der Waals surface area contributed by atoms with Crippen molar-refractivity contribution in [2.24, 2.45) is 0 Å². The van der Waals surface area contributed by atoms with Crippen LogP contribution in [0, 0.1) is 31.0 Å². The van der Waals surface area contributed by atoms with Crippen LogP contribution >= 0.6 is 0 Å². The number of hydrogen-bond acceptors (Lipinski definition) is 6. The number of nitrogens with zero attached hydrogens (tertiary/aromatic N) is 3. The monoisotopic (exact) mass is 489 g/mol. The van der Waals surface area contributed by atoms with E-state index in [2.05, 4.69) is 0 Å². The second-order valence-electron chi connectivity index (χ2n) is 7.84. The number of aryl methyl sites for hydroxylation is 2. The Bertz CT molecular complexity index is 1140. The lowest BCUT2D eigenvalue weighted by molar-refractivity contribution is -0.147. The molecule has 0 unspecified atom stereocenters. The van der Waals surface area contributed by atoms with Crippen LogP contribution in [-0.4, -0.2) is 51.3 Å². The fourth-order valence-electron chi connectivity index (χ4n) is 3.31. The number of halogens is 1. The molecular formula is C24H28FN3O5S. The highest BCUT2D eigenvalue weighted by Crippen LogP contribution is 2.20. The Labute approximate surface area is 199 Å². The van der Waals surface area contributed by atoms with Gasteiger partial charge in [-0.15, -0.1) is 0 Å². The zero-order chi connectivity index (χ0) is 25.3. The number of sulfonamides is 1. The smallest absolute Gasteiger partial charge is 0.306 e. The summed E-state index contributed by atoms with van der Waals surface area (Å²) in [5.41, 5.74) is 2.55. The molecule has 182 valence electrons. The molecule has 0 aliphatic heterocycles. The maximum Gasteiger partial charge on any atom is 0.306 e. The van der Waals surface area contributed by atoms with Crippen molar-refractivity contribution in [3.05, 3.63) is 59.4 Å². The topological polar surface area (TPSA) is 108 Å². The standard InChI is InChI=1S/C24H28FN3O5S/c1-18-14-19(2)16-21(15-18)28(13-5-11-26)23(29)17-33-24(30)6-4-12-27(3)34(31,32)22-9-7-20(25)8-10-22/h7-10,14-16H,4-6,12-13,17H2,1-3H3. The third-order valence-electron chi connectivity index (χ3n) is 5.00. The molecule has 0 N–H and O–H groups in total. The van der Waals surface area contributed by atoms with Crippen molar-refractivity contribution in [3.63, 3.8) is 0 Å². The molecular weight excluding hydrogens is 461 g/mol. The molecule has 0 aliphatic carbocycles. The number of rotatable bonds is 11. The first kappa shape index (κ1) is 27.0. The third-order valence-corrected chi connectivity index (χ3v) is 6.87. The fraction of sp³-hybridized carbons (Fsp3) is 0.375. The minimum atomic E-state index is -3.81. The maximum absolute atomic E-state index is 13.0. The van der Waals surface area contributed by atoms with Crippen LogP contribution in [0.1, 0.15) is 30.4 Å². The minimum Gasteiger partial charge on any atom is -0.456 e. The Morgan fingerprint density at radius 1 is 1.06 bits per heavy atom. The number of anilines is 1. The molecule has 0 saturated heterocycles. The molecule has 0 spiro atoms.